The second-order valence-corrected chi connectivity index (χ2v) is 12.5. The number of hydrogen-bond acceptors (Lipinski definition) is 7. The number of carbonyl (C=O) groups is 1. The van der Waals surface area contributed by atoms with E-state index < -0.39 is 17.7 Å². The average molecular weight is 669 g/mol. The summed E-state index contributed by atoms with van der Waals surface area (Å²) in [7, 11) is 1.96. The van der Waals surface area contributed by atoms with Crippen molar-refractivity contribution in [2.75, 3.05) is 30.4 Å². The van der Waals surface area contributed by atoms with Crippen LogP contribution in [0.2, 0.25) is 0 Å². The number of carbonyl (C=O) groups excluding carboxylic acids is 1. The molecular weight excluding hydrogens is 638 g/mol. The largest absolute Gasteiger partial charge is 0.488 e. The van der Waals surface area contributed by atoms with E-state index in [2.05, 4.69) is 27.2 Å². The van der Waals surface area contributed by atoms with E-state index in [0.717, 1.165) is 40.2 Å². The summed E-state index contributed by atoms with van der Waals surface area (Å²) < 4.78 is 38.3. The Morgan fingerprint density at radius 3 is 2.79 bits per heavy atom. The van der Waals surface area contributed by atoms with Gasteiger partial charge >= 0.3 is 0 Å². The second-order valence-electron chi connectivity index (χ2n) is 12.1. The zero-order valence-corrected chi connectivity index (χ0v) is 26.8. The molecule has 1 amide bonds. The highest BCUT2D eigenvalue weighted by Gasteiger charge is 2.41. The first-order valence-electron chi connectivity index (χ1n) is 15.9. The van der Waals surface area contributed by atoms with Crippen molar-refractivity contribution in [1.82, 2.24) is 34.4 Å². The first kappa shape index (κ1) is 30.2. The maximum absolute atomic E-state index is 14.8. The van der Waals surface area contributed by atoms with E-state index in [4.69, 9.17) is 21.4 Å². The molecule has 3 aromatic carbocycles. The number of aromatic nitrogens is 6. The van der Waals surface area contributed by atoms with Gasteiger partial charge in [-0.1, -0.05) is 24.3 Å². The molecule has 1 fully saturated rings. The van der Waals surface area contributed by atoms with Gasteiger partial charge in [0, 0.05) is 49.6 Å². The summed E-state index contributed by atoms with van der Waals surface area (Å²) in [6.45, 7) is 1.25. The zero-order chi connectivity index (χ0) is 32.9. The molecule has 13 heteroatoms. The van der Waals surface area contributed by atoms with E-state index in [1.807, 2.05) is 51.9 Å². The van der Waals surface area contributed by atoms with Crippen molar-refractivity contribution in [3.63, 3.8) is 0 Å². The number of nitrogens with zero attached hydrogens (tertiary/aromatic N) is 8. The topological polar surface area (TPSA) is 94.2 Å². The zero-order valence-electron chi connectivity index (χ0n) is 26.1. The molecule has 6 aromatic rings. The maximum Gasteiger partial charge on any atom is 0.245 e. The predicted molar refractivity (Wildman–Crippen MR) is 179 cm³/mol. The van der Waals surface area contributed by atoms with Crippen LogP contribution in [0, 0.1) is 11.6 Å². The summed E-state index contributed by atoms with van der Waals surface area (Å²) in [5.74, 6) is -0.0907. The minimum atomic E-state index is -0.774. The van der Waals surface area contributed by atoms with E-state index in [0.29, 0.717) is 55.1 Å². The summed E-state index contributed by atoms with van der Waals surface area (Å²) >= 11 is 6.26. The van der Waals surface area contributed by atoms with Crippen molar-refractivity contribution in [3.8, 4) is 22.6 Å². The number of fused-ring (bicyclic) bond motifs is 6. The predicted octanol–water partition coefficient (Wildman–Crippen LogP) is 5.69. The minimum absolute atomic E-state index is 0.0492. The quantitative estimate of drug-likeness (QED) is 0.223. The van der Waals surface area contributed by atoms with Gasteiger partial charge in [-0.25, -0.2) is 23.4 Å². The maximum atomic E-state index is 14.8. The molecule has 2 aliphatic heterocycles. The van der Waals surface area contributed by atoms with Gasteiger partial charge in [0.05, 0.1) is 23.6 Å². The standard InChI is InChI=1S/C35H31ClF2N8O2/c1-43-30-9-4-13-44(14-12-36)35(47)31-17-24(48-23-6-2-5-21(15-23)25-7-3-8-28(42-43)32(25)30)19-45(31)33-26-18-41-46(34(26)40-20-39-33)29-11-10-22(37)16-27(29)38/h2-3,5-8,10-11,15-16,18,20,24,31H,4,9,12-14,17,19H2,1H3/t24?,31-/m0/s1. The first-order valence-corrected chi connectivity index (χ1v) is 16.4. The van der Waals surface area contributed by atoms with Crippen molar-refractivity contribution in [1.29, 1.82) is 0 Å². The van der Waals surface area contributed by atoms with Crippen molar-refractivity contribution < 1.29 is 18.3 Å². The van der Waals surface area contributed by atoms with Gasteiger partial charge in [-0.2, -0.15) is 10.2 Å². The SMILES string of the molecule is Cn1nc2cccc3c2c1CCCN(CCCl)C(=O)[C@@H]1CC(CN1c1ncnc2c1cnn2-c1ccc(F)cc1F)Oc1cccc-3c1. The van der Waals surface area contributed by atoms with Crippen molar-refractivity contribution in [2.45, 2.75) is 31.4 Å². The molecule has 0 aliphatic carbocycles. The lowest BCUT2D eigenvalue weighted by Gasteiger charge is -2.30. The Morgan fingerprint density at radius 1 is 1.06 bits per heavy atom. The van der Waals surface area contributed by atoms with E-state index >= 15 is 0 Å². The monoisotopic (exact) mass is 668 g/mol. The lowest BCUT2D eigenvalue weighted by atomic mass is 9.98. The molecule has 2 aliphatic rings. The van der Waals surface area contributed by atoms with Gasteiger partial charge in [0.2, 0.25) is 5.91 Å². The van der Waals surface area contributed by atoms with Crippen LogP contribution in [0.3, 0.4) is 0 Å². The first-order chi connectivity index (χ1) is 23.4. The van der Waals surface area contributed by atoms with Gasteiger partial charge in [0.25, 0.3) is 0 Å². The summed E-state index contributed by atoms with van der Waals surface area (Å²) in [4.78, 5) is 27.2. The second kappa shape index (κ2) is 12.2. The molecule has 0 N–H and O–H groups in total. The van der Waals surface area contributed by atoms with Gasteiger partial charge in [0.1, 0.15) is 41.5 Å². The van der Waals surface area contributed by atoms with Gasteiger partial charge in [0.15, 0.2) is 11.5 Å². The van der Waals surface area contributed by atoms with Crippen LogP contribution in [0.1, 0.15) is 18.5 Å². The molecule has 1 unspecified atom stereocenters. The number of benzene rings is 3. The number of hydrogen-bond donors (Lipinski definition) is 0. The third kappa shape index (κ3) is 5.20. The van der Waals surface area contributed by atoms with Crippen LogP contribution in [0.5, 0.6) is 5.75 Å². The highest BCUT2D eigenvalue weighted by atomic mass is 35.5. The summed E-state index contributed by atoms with van der Waals surface area (Å²) in [5.41, 5.74) is 4.50. The Balaban J connectivity index is 1.21. The Morgan fingerprint density at radius 2 is 1.94 bits per heavy atom. The molecule has 48 heavy (non-hydrogen) atoms. The molecule has 8 rings (SSSR count). The molecule has 2 atom stereocenters. The van der Waals surface area contributed by atoms with Crippen LogP contribution in [-0.4, -0.2) is 78.0 Å². The number of aryl methyl sites for hydroxylation is 2. The van der Waals surface area contributed by atoms with Crippen molar-refractivity contribution >= 4 is 45.3 Å². The number of ether oxygens (including phenoxy) is 1. The molecule has 0 saturated carbocycles. The summed E-state index contributed by atoms with van der Waals surface area (Å²) in [6.07, 6.45) is 4.40. The normalized spacial score (nSPS) is 18.3. The fourth-order valence-corrected chi connectivity index (χ4v) is 7.29. The number of amides is 1. The molecule has 4 bridgehead atoms. The highest BCUT2D eigenvalue weighted by Crippen LogP contribution is 2.36. The van der Waals surface area contributed by atoms with Gasteiger partial charge in [-0.3, -0.25) is 9.48 Å². The molecule has 10 nitrogen and oxygen atoms in total. The smallest absolute Gasteiger partial charge is 0.245 e. The van der Waals surface area contributed by atoms with Crippen LogP contribution in [0.15, 0.2) is 73.2 Å². The van der Waals surface area contributed by atoms with E-state index in [1.54, 1.807) is 6.20 Å². The van der Waals surface area contributed by atoms with Gasteiger partial charge in [-0.05, 0) is 54.3 Å². The van der Waals surface area contributed by atoms with Gasteiger partial charge in [-0.15, -0.1) is 11.6 Å². The van der Waals surface area contributed by atoms with Crippen LogP contribution in [-0.2, 0) is 18.3 Å². The summed E-state index contributed by atoms with van der Waals surface area (Å²) in [5, 5.41) is 10.8. The third-order valence-corrected chi connectivity index (χ3v) is 9.41. The number of anilines is 1. The van der Waals surface area contributed by atoms with Crippen molar-refractivity contribution in [2.24, 2.45) is 7.05 Å². The minimum Gasteiger partial charge on any atom is -0.488 e. The Bertz CT molecular complexity index is 2190. The fraction of sp³-hybridized carbons (Fsp3) is 0.286. The molecule has 0 radical (unpaired) electrons. The number of halogens is 3. The number of alkyl halides is 1. The lowest BCUT2D eigenvalue weighted by molar-refractivity contribution is -0.132. The van der Waals surface area contributed by atoms with E-state index in [9.17, 15) is 13.6 Å². The van der Waals surface area contributed by atoms with Crippen LogP contribution in [0.4, 0.5) is 14.6 Å². The lowest BCUT2D eigenvalue weighted by Crippen LogP contribution is -2.47. The van der Waals surface area contributed by atoms with Crippen LogP contribution in [0.25, 0.3) is 38.8 Å². The van der Waals surface area contributed by atoms with E-state index in [1.165, 1.54) is 23.1 Å². The summed E-state index contributed by atoms with van der Waals surface area (Å²) in [6, 6.07) is 16.8. The molecule has 1 saturated heterocycles. The molecular formula is C35H31ClF2N8O2. The molecule has 3 aromatic heterocycles. The van der Waals surface area contributed by atoms with Crippen molar-refractivity contribution in [3.05, 3.63) is 90.5 Å². The van der Waals surface area contributed by atoms with Crippen LogP contribution < -0.4 is 9.64 Å². The fourth-order valence-electron chi connectivity index (χ4n) is 7.09. The third-order valence-electron chi connectivity index (χ3n) is 9.24. The molecule has 0 spiro atoms. The highest BCUT2D eigenvalue weighted by molar-refractivity contribution is 6.18. The van der Waals surface area contributed by atoms with E-state index in [-0.39, 0.29) is 23.6 Å². The van der Waals surface area contributed by atoms with Crippen LogP contribution >= 0.6 is 11.6 Å². The Hall–Kier alpha value is -5.10. The Kier molecular flexibility index (Phi) is 7.67. The average Bonchev–Trinajstić information content (AvgIpc) is 3.79. The van der Waals surface area contributed by atoms with Gasteiger partial charge < -0.3 is 14.5 Å². The Labute approximate surface area is 279 Å². The number of rotatable bonds is 4. The molecule has 5 heterocycles. The molecule has 244 valence electrons.